The number of nitrogens with zero attached hydrogens (tertiary/aromatic N) is 2. The molecule has 0 fully saturated rings. The molecule has 0 saturated carbocycles. The molecule has 0 amide bonds. The Labute approximate surface area is 155 Å². The maximum atomic E-state index is 5.89. The van der Waals surface area contributed by atoms with E-state index in [1.54, 1.807) is 0 Å². The zero-order valence-electron chi connectivity index (χ0n) is 15.5. The van der Waals surface area contributed by atoms with Crippen LogP contribution in [0.25, 0.3) is 11.1 Å². The number of hydrogen-bond donors (Lipinski definition) is 0. The van der Waals surface area contributed by atoms with Gasteiger partial charge >= 0.3 is 0 Å². The van der Waals surface area contributed by atoms with Gasteiger partial charge in [0.05, 0.1) is 5.92 Å². The van der Waals surface area contributed by atoms with E-state index >= 15 is 0 Å². The van der Waals surface area contributed by atoms with Gasteiger partial charge in [0.25, 0.3) is 0 Å². The van der Waals surface area contributed by atoms with Crippen LogP contribution in [0.1, 0.15) is 25.7 Å². The molecule has 0 spiro atoms. The third-order valence-electron chi connectivity index (χ3n) is 4.19. The van der Waals surface area contributed by atoms with Gasteiger partial charge < -0.3 is 9.32 Å². The van der Waals surface area contributed by atoms with Gasteiger partial charge in [-0.3, -0.25) is 0 Å². The number of likely N-dealkylation sites (N-methyl/N-ethyl adjacent to an activating group) is 1. The summed E-state index contributed by atoms with van der Waals surface area (Å²) in [6.07, 6.45) is 10.5. The Morgan fingerprint density at radius 3 is 2.42 bits per heavy atom. The van der Waals surface area contributed by atoms with Gasteiger partial charge in [0.1, 0.15) is 5.52 Å². The zero-order chi connectivity index (χ0) is 18.4. The lowest BCUT2D eigenvalue weighted by molar-refractivity contribution is 0.530. The van der Waals surface area contributed by atoms with Crippen molar-refractivity contribution in [2.24, 2.45) is 0 Å². The first-order chi connectivity index (χ1) is 12.8. The fourth-order valence-corrected chi connectivity index (χ4v) is 2.82. The fraction of sp³-hybridized carbons (Fsp3) is 0.174. The van der Waals surface area contributed by atoms with Crippen molar-refractivity contribution in [2.45, 2.75) is 19.8 Å². The summed E-state index contributed by atoms with van der Waals surface area (Å²) in [5, 5.41) is 0. The number of aromatic nitrogens is 1. The predicted molar refractivity (Wildman–Crippen MR) is 109 cm³/mol. The highest BCUT2D eigenvalue weighted by Gasteiger charge is 2.15. The second-order valence-electron chi connectivity index (χ2n) is 5.78. The largest absolute Gasteiger partial charge is 0.440 e. The van der Waals surface area contributed by atoms with Gasteiger partial charge in [-0.15, -0.1) is 0 Å². The minimum Gasteiger partial charge on any atom is -0.440 e. The average Bonchev–Trinajstić information content (AvgIpc) is 2.99. The van der Waals surface area contributed by atoms with Crippen LogP contribution >= 0.6 is 0 Å². The molecule has 3 heteroatoms. The Balaban J connectivity index is 0.000000948. The number of benzene rings is 2. The predicted octanol–water partition coefficient (Wildman–Crippen LogP) is 6.08. The van der Waals surface area contributed by atoms with E-state index < -0.39 is 0 Å². The molecule has 3 nitrogen and oxygen atoms in total. The summed E-state index contributed by atoms with van der Waals surface area (Å²) in [4.78, 5) is 6.76. The van der Waals surface area contributed by atoms with Crippen LogP contribution in [-0.2, 0) is 0 Å². The maximum absolute atomic E-state index is 5.89. The van der Waals surface area contributed by atoms with E-state index in [1.165, 1.54) is 0 Å². The number of anilines is 1. The molecule has 1 aliphatic carbocycles. The number of allylic oxidation sites excluding steroid dienone is 5. The Hall–Kier alpha value is -3.07. The number of hydrogen-bond acceptors (Lipinski definition) is 3. The van der Waals surface area contributed by atoms with Gasteiger partial charge in [0.15, 0.2) is 5.58 Å². The summed E-state index contributed by atoms with van der Waals surface area (Å²) in [6, 6.07) is 18.2. The van der Waals surface area contributed by atoms with E-state index in [-0.39, 0.29) is 5.92 Å². The SMILES string of the molecule is CC.CN(C1=CC=CC(c2nc3ccccc3o2)C=C1)c1ccccc1. The van der Waals surface area contributed by atoms with Crippen LogP contribution in [-0.4, -0.2) is 12.0 Å². The maximum Gasteiger partial charge on any atom is 0.206 e. The van der Waals surface area contributed by atoms with Gasteiger partial charge in [0, 0.05) is 18.4 Å². The first kappa shape index (κ1) is 17.7. The van der Waals surface area contributed by atoms with E-state index in [0.29, 0.717) is 0 Å². The molecule has 2 aromatic carbocycles. The van der Waals surface area contributed by atoms with Crippen LogP contribution in [0.3, 0.4) is 0 Å². The Kier molecular flexibility index (Phi) is 5.69. The second-order valence-corrected chi connectivity index (χ2v) is 5.78. The standard InChI is InChI=1S/C21H18N2O.C2H6/c1-23(17-9-3-2-4-10-17)18-11-7-8-16(14-15-18)21-22-19-12-5-6-13-20(19)24-21;1-2/h2-16H,1H3;1-2H3. The molecule has 1 aromatic heterocycles. The lowest BCUT2D eigenvalue weighted by Gasteiger charge is -2.20. The average molecular weight is 344 g/mol. The Bertz CT molecular complexity index is 902. The minimum atomic E-state index is 0.0373. The molecule has 0 bridgehead atoms. The third kappa shape index (κ3) is 3.77. The molecule has 1 heterocycles. The highest BCUT2D eigenvalue weighted by atomic mass is 16.3. The quantitative estimate of drug-likeness (QED) is 0.576. The van der Waals surface area contributed by atoms with Crippen molar-refractivity contribution in [2.75, 3.05) is 11.9 Å². The van der Waals surface area contributed by atoms with Crippen molar-refractivity contribution in [3.8, 4) is 0 Å². The first-order valence-corrected chi connectivity index (χ1v) is 9.02. The van der Waals surface area contributed by atoms with Crippen LogP contribution in [0.15, 0.2) is 95.1 Å². The van der Waals surface area contributed by atoms with Gasteiger partial charge in [-0.05, 0) is 36.4 Å². The monoisotopic (exact) mass is 344 g/mol. The number of fused-ring (bicyclic) bond motifs is 1. The van der Waals surface area contributed by atoms with Gasteiger partial charge in [-0.1, -0.05) is 62.4 Å². The van der Waals surface area contributed by atoms with Crippen LogP contribution in [0.5, 0.6) is 0 Å². The van der Waals surface area contributed by atoms with Crippen molar-refractivity contribution >= 4 is 16.8 Å². The Morgan fingerprint density at radius 1 is 0.923 bits per heavy atom. The molecule has 4 rings (SSSR count). The van der Waals surface area contributed by atoms with E-state index in [2.05, 4.69) is 59.4 Å². The highest BCUT2D eigenvalue weighted by molar-refractivity contribution is 5.72. The summed E-state index contributed by atoms with van der Waals surface area (Å²) in [5.74, 6) is 0.760. The molecule has 0 aliphatic heterocycles. The van der Waals surface area contributed by atoms with Crippen molar-refractivity contribution < 1.29 is 4.42 Å². The molecule has 0 N–H and O–H groups in total. The lowest BCUT2D eigenvalue weighted by Crippen LogP contribution is -2.14. The lowest BCUT2D eigenvalue weighted by atomic mass is 10.1. The molecule has 1 aliphatic rings. The highest BCUT2D eigenvalue weighted by Crippen LogP contribution is 2.27. The molecule has 3 aromatic rings. The first-order valence-electron chi connectivity index (χ1n) is 9.02. The molecular weight excluding hydrogens is 320 g/mol. The summed E-state index contributed by atoms with van der Waals surface area (Å²) in [5.41, 5.74) is 4.00. The van der Waals surface area contributed by atoms with E-state index in [1.807, 2.05) is 56.3 Å². The van der Waals surface area contributed by atoms with Gasteiger partial charge in [0.2, 0.25) is 5.89 Å². The van der Waals surface area contributed by atoms with Crippen LogP contribution in [0.4, 0.5) is 5.69 Å². The molecule has 0 saturated heterocycles. The molecule has 0 radical (unpaired) electrons. The molecule has 1 unspecified atom stereocenters. The molecular formula is C23H24N2O. The smallest absolute Gasteiger partial charge is 0.206 e. The van der Waals surface area contributed by atoms with Crippen molar-refractivity contribution in [1.29, 1.82) is 0 Å². The summed E-state index contributed by atoms with van der Waals surface area (Å²) in [7, 11) is 2.07. The summed E-state index contributed by atoms with van der Waals surface area (Å²) in [6.45, 7) is 4.00. The topological polar surface area (TPSA) is 29.3 Å². The normalized spacial score (nSPS) is 15.8. The minimum absolute atomic E-state index is 0.0373. The molecule has 132 valence electrons. The van der Waals surface area contributed by atoms with E-state index in [4.69, 9.17) is 4.42 Å². The van der Waals surface area contributed by atoms with Crippen LogP contribution < -0.4 is 4.90 Å². The fourth-order valence-electron chi connectivity index (χ4n) is 2.82. The second kappa shape index (κ2) is 8.34. The summed E-state index contributed by atoms with van der Waals surface area (Å²) < 4.78 is 5.89. The third-order valence-corrected chi connectivity index (χ3v) is 4.19. The van der Waals surface area contributed by atoms with E-state index in [9.17, 15) is 0 Å². The van der Waals surface area contributed by atoms with Crippen molar-refractivity contribution in [1.82, 2.24) is 4.98 Å². The zero-order valence-corrected chi connectivity index (χ0v) is 15.5. The van der Waals surface area contributed by atoms with Crippen molar-refractivity contribution in [3.63, 3.8) is 0 Å². The number of oxazole rings is 1. The number of rotatable bonds is 3. The van der Waals surface area contributed by atoms with Crippen LogP contribution in [0.2, 0.25) is 0 Å². The van der Waals surface area contributed by atoms with E-state index in [0.717, 1.165) is 28.4 Å². The van der Waals surface area contributed by atoms with Crippen molar-refractivity contribution in [3.05, 3.63) is 96.6 Å². The van der Waals surface area contributed by atoms with Gasteiger partial charge in [-0.2, -0.15) is 0 Å². The molecule has 26 heavy (non-hydrogen) atoms. The molecule has 1 atom stereocenters. The Morgan fingerprint density at radius 2 is 1.65 bits per heavy atom. The van der Waals surface area contributed by atoms with Gasteiger partial charge in [-0.25, -0.2) is 4.98 Å². The van der Waals surface area contributed by atoms with Crippen LogP contribution in [0, 0.1) is 0 Å². The number of para-hydroxylation sites is 3. The summed E-state index contributed by atoms with van der Waals surface area (Å²) >= 11 is 0.